The lowest BCUT2D eigenvalue weighted by atomic mass is 10.2. The number of hydrogen-bond donors (Lipinski definition) is 0. The third kappa shape index (κ3) is 4.85. The van der Waals surface area contributed by atoms with Crippen LogP contribution in [0.2, 0.25) is 0 Å². The van der Waals surface area contributed by atoms with Crippen molar-refractivity contribution in [3.05, 3.63) is 29.8 Å². The molecule has 0 saturated carbocycles. The zero-order valence-corrected chi connectivity index (χ0v) is 10.6. The molecule has 0 aromatic heterocycles. The second-order valence-corrected chi connectivity index (χ2v) is 4.89. The molecule has 1 aromatic carbocycles. The van der Waals surface area contributed by atoms with Crippen LogP contribution in [-0.2, 0) is 19.0 Å². The van der Waals surface area contributed by atoms with Crippen LogP contribution in [0.15, 0.2) is 29.2 Å². The Kier molecular flexibility index (Phi) is 3.60. The van der Waals surface area contributed by atoms with Crippen molar-refractivity contribution in [2.24, 2.45) is 0 Å². The molecule has 0 amide bonds. The van der Waals surface area contributed by atoms with Crippen molar-refractivity contribution in [1.82, 2.24) is 0 Å². The summed E-state index contributed by atoms with van der Waals surface area (Å²) in [5, 5.41) is 0. The van der Waals surface area contributed by atoms with E-state index in [1.807, 2.05) is 0 Å². The number of ether oxygens (including phenoxy) is 1. The third-order valence-electron chi connectivity index (χ3n) is 1.87. The lowest BCUT2D eigenvalue weighted by Gasteiger charge is -2.06. The minimum absolute atomic E-state index is 0.0722. The van der Waals surface area contributed by atoms with Gasteiger partial charge in [0, 0.05) is 6.56 Å². The van der Waals surface area contributed by atoms with Gasteiger partial charge < -0.3 is 4.74 Å². The third-order valence-corrected chi connectivity index (χ3v) is 3.15. The summed E-state index contributed by atoms with van der Waals surface area (Å²) in [4.78, 5) is -0.0950. The fourth-order valence-corrected chi connectivity index (χ4v) is 1.84. The molecule has 0 spiro atoms. The molecule has 1 aromatic rings. The van der Waals surface area contributed by atoms with Crippen LogP contribution in [-0.4, -0.2) is 28.1 Å². The smallest absolute Gasteiger partial charge is 0.297 e. The highest BCUT2D eigenvalue weighted by Crippen LogP contribution is 2.12. The van der Waals surface area contributed by atoms with Gasteiger partial charge in [0.15, 0.2) is 0 Å². The fourth-order valence-electron chi connectivity index (χ4n) is 1.03. The van der Waals surface area contributed by atoms with E-state index in [0.29, 0.717) is 0 Å². The van der Waals surface area contributed by atoms with Gasteiger partial charge in [-0.25, -0.2) is 0 Å². The van der Waals surface area contributed by atoms with E-state index in [4.69, 9.17) is 5.48 Å². The van der Waals surface area contributed by atoms with Crippen LogP contribution >= 0.6 is 0 Å². The van der Waals surface area contributed by atoms with Gasteiger partial charge in [0.2, 0.25) is 0 Å². The van der Waals surface area contributed by atoms with Crippen molar-refractivity contribution < 1.29 is 22.8 Å². The lowest BCUT2D eigenvalue weighted by molar-refractivity contribution is 0.103. The van der Waals surface area contributed by atoms with E-state index in [9.17, 15) is 8.42 Å². The molecule has 5 heteroatoms. The molecule has 0 aliphatic rings. The molecule has 0 aliphatic carbocycles. The van der Waals surface area contributed by atoms with Crippen LogP contribution in [0.4, 0.5) is 0 Å². The van der Waals surface area contributed by atoms with E-state index in [1.54, 1.807) is 19.1 Å². The minimum atomic E-state index is -4.11. The quantitative estimate of drug-likeness (QED) is 0.706. The van der Waals surface area contributed by atoms with Gasteiger partial charge in [-0.1, -0.05) is 24.6 Å². The highest BCUT2D eigenvalue weighted by atomic mass is 32.2. The van der Waals surface area contributed by atoms with Crippen molar-refractivity contribution in [1.29, 1.82) is 0 Å². The number of rotatable bonds is 7. The second kappa shape index (κ2) is 6.74. The molecule has 0 bridgehead atoms. The first kappa shape index (κ1) is 9.08. The summed E-state index contributed by atoms with van der Waals surface area (Å²) < 4.78 is 62.6. The van der Waals surface area contributed by atoms with Crippen LogP contribution in [0.5, 0.6) is 0 Å². The molecule has 0 fully saturated rings. The fraction of sp³-hybridized carbons (Fsp3) is 0.500. The van der Waals surface area contributed by atoms with Crippen molar-refractivity contribution in [2.75, 3.05) is 19.7 Å². The summed E-state index contributed by atoms with van der Waals surface area (Å²) in [6, 6.07) is 5.90. The molecular formula is C12H18O4S. The molecule has 0 saturated heterocycles. The summed E-state index contributed by atoms with van der Waals surface area (Å²) in [6.45, 7) is -2.39. The Labute approximate surface area is 108 Å². The summed E-state index contributed by atoms with van der Waals surface area (Å²) in [6.07, 6.45) is -0.0722. The van der Waals surface area contributed by atoms with Crippen molar-refractivity contribution in [3.63, 3.8) is 0 Å². The number of aryl methyl sites for hydroxylation is 1. The average Bonchev–Trinajstić information content (AvgIpc) is 2.36. The van der Waals surface area contributed by atoms with Gasteiger partial charge in [-0.15, -0.1) is 0 Å². The molecule has 0 aliphatic heterocycles. The lowest BCUT2D eigenvalue weighted by Crippen LogP contribution is -2.11. The Morgan fingerprint density at radius 2 is 1.88 bits per heavy atom. The SMILES string of the molecule is [2H]C([2H])(CC)OC([2H])([2H])COS(=O)(=O)c1ccc(C)cc1. The normalized spacial score (nSPS) is 16.8. The predicted molar refractivity (Wildman–Crippen MR) is 65.4 cm³/mol. The van der Waals surface area contributed by atoms with Crippen molar-refractivity contribution in [3.8, 4) is 0 Å². The Bertz CT molecular complexity index is 569. The van der Waals surface area contributed by atoms with Crippen LogP contribution in [0, 0.1) is 6.92 Å². The van der Waals surface area contributed by atoms with Gasteiger partial charge in [-0.3, -0.25) is 4.18 Å². The molecule has 0 radical (unpaired) electrons. The standard InChI is InChI=1S/C12H18O4S/c1-3-8-15-9-10-16-17(13,14)12-6-4-11(2)5-7-12/h4-7H,3,8-10H2,1-2H3/i8D2,9D2. The molecule has 0 heterocycles. The van der Waals surface area contributed by atoms with E-state index < -0.39 is 29.8 Å². The maximum Gasteiger partial charge on any atom is 0.297 e. The largest absolute Gasteiger partial charge is 0.379 e. The Morgan fingerprint density at radius 1 is 1.24 bits per heavy atom. The van der Waals surface area contributed by atoms with E-state index in [-0.39, 0.29) is 11.3 Å². The molecule has 1 rings (SSSR count). The van der Waals surface area contributed by atoms with Crippen LogP contribution < -0.4 is 0 Å². The highest BCUT2D eigenvalue weighted by Gasteiger charge is 2.14. The zero-order valence-electron chi connectivity index (χ0n) is 13.8. The number of benzene rings is 1. The van der Waals surface area contributed by atoms with Crippen LogP contribution in [0.1, 0.15) is 24.4 Å². The number of hydrogen-bond acceptors (Lipinski definition) is 4. The topological polar surface area (TPSA) is 52.6 Å². The van der Waals surface area contributed by atoms with Crippen LogP contribution in [0.25, 0.3) is 0 Å². The maximum atomic E-state index is 11.9. The second-order valence-electron chi connectivity index (χ2n) is 3.27. The average molecular weight is 262 g/mol. The highest BCUT2D eigenvalue weighted by molar-refractivity contribution is 7.86. The molecule has 96 valence electrons. The Balaban J connectivity index is 2.75. The summed E-state index contributed by atoms with van der Waals surface area (Å²) >= 11 is 0. The van der Waals surface area contributed by atoms with E-state index >= 15 is 0 Å². The Hall–Kier alpha value is -0.910. The van der Waals surface area contributed by atoms with Gasteiger partial charge in [0.25, 0.3) is 10.1 Å². The molecule has 0 unspecified atom stereocenters. The van der Waals surface area contributed by atoms with Gasteiger partial charge in [0.1, 0.15) is 0 Å². The zero-order chi connectivity index (χ0) is 16.3. The maximum absolute atomic E-state index is 11.9. The predicted octanol–water partition coefficient (Wildman–Crippen LogP) is 2.13. The molecular weight excluding hydrogens is 240 g/mol. The first-order valence-electron chi connectivity index (χ1n) is 7.14. The summed E-state index contributed by atoms with van der Waals surface area (Å²) in [5.41, 5.74) is 0.878. The van der Waals surface area contributed by atoms with Crippen molar-refractivity contribution >= 4 is 10.1 Å². The van der Waals surface area contributed by atoms with E-state index in [2.05, 4.69) is 8.92 Å². The van der Waals surface area contributed by atoms with Gasteiger partial charge >= 0.3 is 0 Å². The van der Waals surface area contributed by atoms with Gasteiger partial charge in [0.05, 0.1) is 23.5 Å². The molecule has 0 atom stereocenters. The van der Waals surface area contributed by atoms with E-state index in [0.717, 1.165) is 5.56 Å². The van der Waals surface area contributed by atoms with Gasteiger partial charge in [-0.05, 0) is 25.5 Å². The molecule has 17 heavy (non-hydrogen) atoms. The minimum Gasteiger partial charge on any atom is -0.379 e. The first-order chi connectivity index (χ1) is 9.47. The van der Waals surface area contributed by atoms with Gasteiger partial charge in [-0.2, -0.15) is 8.42 Å². The van der Waals surface area contributed by atoms with Crippen molar-refractivity contribution in [2.45, 2.75) is 25.2 Å². The van der Waals surface area contributed by atoms with E-state index in [1.165, 1.54) is 19.1 Å². The molecule has 4 nitrogen and oxygen atoms in total. The summed E-state index contributed by atoms with van der Waals surface area (Å²) in [5.74, 6) is 0. The first-order valence-corrected chi connectivity index (χ1v) is 6.54. The Morgan fingerprint density at radius 3 is 2.47 bits per heavy atom. The molecule has 0 N–H and O–H groups in total. The monoisotopic (exact) mass is 262 g/mol. The summed E-state index contributed by atoms with van der Waals surface area (Å²) in [7, 11) is -4.11. The van der Waals surface area contributed by atoms with Crippen LogP contribution in [0.3, 0.4) is 0 Å².